The van der Waals surface area contributed by atoms with Crippen LogP contribution in [0.2, 0.25) is 0 Å². The van der Waals surface area contributed by atoms with Crippen LogP contribution < -0.4 is 10.2 Å². The fraction of sp³-hybridized carbons (Fsp3) is 0.769. The normalized spacial score (nSPS) is 21.5. The van der Waals surface area contributed by atoms with Crippen molar-refractivity contribution in [2.45, 2.75) is 32.2 Å². The summed E-state index contributed by atoms with van der Waals surface area (Å²) in [5.41, 5.74) is 0.994. The molecule has 120 valence electrons. The van der Waals surface area contributed by atoms with Gasteiger partial charge in [0.2, 0.25) is 0 Å². The van der Waals surface area contributed by atoms with Gasteiger partial charge in [-0.25, -0.2) is 13.4 Å². The first kappa shape index (κ1) is 17.1. The van der Waals surface area contributed by atoms with Crippen LogP contribution in [0.15, 0.2) is 0 Å². The lowest BCUT2D eigenvalue weighted by atomic mass is 10.2. The van der Waals surface area contributed by atoms with Crippen LogP contribution in [0.25, 0.3) is 0 Å². The van der Waals surface area contributed by atoms with E-state index >= 15 is 0 Å². The Morgan fingerprint density at radius 1 is 1.52 bits per heavy atom. The van der Waals surface area contributed by atoms with Gasteiger partial charge in [-0.15, -0.1) is 0 Å². The molecule has 2 heterocycles. The molecule has 2 rings (SSSR count). The minimum Gasteiger partial charge on any atom is -0.329 e. The van der Waals surface area contributed by atoms with Crippen LogP contribution in [-0.4, -0.2) is 49.6 Å². The average Bonchev–Trinajstić information content (AvgIpc) is 2.80. The van der Waals surface area contributed by atoms with Crippen molar-refractivity contribution in [3.8, 4) is 0 Å². The third kappa shape index (κ3) is 3.91. The number of hydrogen-bond donors (Lipinski definition) is 1. The molecule has 21 heavy (non-hydrogen) atoms. The second kappa shape index (κ2) is 6.85. The van der Waals surface area contributed by atoms with E-state index < -0.39 is 15.2 Å². The Labute approximate surface area is 135 Å². The van der Waals surface area contributed by atoms with E-state index in [1.165, 1.54) is 11.1 Å². The summed E-state index contributed by atoms with van der Waals surface area (Å²) in [5, 5.41) is 3.77. The third-order valence-corrected chi connectivity index (χ3v) is 7.57. The summed E-state index contributed by atoms with van der Waals surface area (Å²) in [7, 11) is -3.10. The predicted octanol–water partition coefficient (Wildman–Crippen LogP) is 2.05. The van der Waals surface area contributed by atoms with Gasteiger partial charge in [-0.1, -0.05) is 18.3 Å². The Kier molecular flexibility index (Phi) is 5.56. The van der Waals surface area contributed by atoms with E-state index in [4.69, 9.17) is 0 Å². The largest absolute Gasteiger partial charge is 0.329 e. The molecule has 5 nitrogen and oxygen atoms in total. The molecule has 2 unspecified atom stereocenters. The predicted molar refractivity (Wildman–Crippen MR) is 92.2 cm³/mol. The second-order valence-electron chi connectivity index (χ2n) is 5.28. The molecule has 1 fully saturated rings. The van der Waals surface area contributed by atoms with Gasteiger partial charge in [-0.05, 0) is 20.4 Å². The fourth-order valence-corrected chi connectivity index (χ4v) is 6.53. The van der Waals surface area contributed by atoms with Gasteiger partial charge in [0.15, 0.2) is 15.0 Å². The number of sulfone groups is 1. The molecule has 1 aromatic rings. The van der Waals surface area contributed by atoms with Gasteiger partial charge >= 0.3 is 0 Å². The van der Waals surface area contributed by atoms with E-state index in [2.05, 4.69) is 24.1 Å². The lowest BCUT2D eigenvalue weighted by Gasteiger charge is -2.33. The van der Waals surface area contributed by atoms with Crippen LogP contribution in [0, 0.1) is 6.92 Å². The molecular formula is C13H23N3O2S3. The second-order valence-corrected chi connectivity index (χ2v) is 9.64. The fourth-order valence-electron chi connectivity index (χ4n) is 2.47. The van der Waals surface area contributed by atoms with Gasteiger partial charge in [-0.2, -0.15) is 11.8 Å². The van der Waals surface area contributed by atoms with E-state index in [1.54, 1.807) is 23.1 Å². The summed E-state index contributed by atoms with van der Waals surface area (Å²) in [5.74, 6) is 1.57. The number of nitrogens with zero attached hydrogens (tertiary/aromatic N) is 2. The molecule has 2 atom stereocenters. The van der Waals surface area contributed by atoms with Crippen molar-refractivity contribution >= 4 is 38.1 Å². The van der Waals surface area contributed by atoms with Gasteiger partial charge < -0.3 is 10.2 Å². The SMILES string of the molecule is CCNC(C)c1sc(N2CCSCC2S(C)(=O)=O)nc1C. The van der Waals surface area contributed by atoms with E-state index in [0.717, 1.165) is 29.7 Å². The van der Waals surface area contributed by atoms with E-state index in [-0.39, 0.29) is 6.04 Å². The Morgan fingerprint density at radius 3 is 2.86 bits per heavy atom. The molecular weight excluding hydrogens is 326 g/mol. The molecule has 0 radical (unpaired) electrons. The lowest BCUT2D eigenvalue weighted by Crippen LogP contribution is -2.47. The molecule has 1 aromatic heterocycles. The van der Waals surface area contributed by atoms with Gasteiger partial charge in [0.1, 0.15) is 5.37 Å². The Hall–Kier alpha value is -0.310. The molecule has 1 N–H and O–H groups in total. The maximum atomic E-state index is 12.0. The van der Waals surface area contributed by atoms with Crippen molar-refractivity contribution in [2.24, 2.45) is 0 Å². The maximum Gasteiger partial charge on any atom is 0.186 e. The summed E-state index contributed by atoms with van der Waals surface area (Å²) in [6.45, 7) is 7.84. The number of thiazole rings is 1. The van der Waals surface area contributed by atoms with Crippen molar-refractivity contribution in [3.05, 3.63) is 10.6 Å². The first-order valence-corrected chi connectivity index (χ1v) is 11.0. The highest BCUT2D eigenvalue weighted by molar-refractivity contribution is 8.01. The number of rotatable bonds is 5. The number of thioether (sulfide) groups is 1. The molecule has 0 aliphatic carbocycles. The zero-order chi connectivity index (χ0) is 15.6. The van der Waals surface area contributed by atoms with Crippen LogP contribution in [0.5, 0.6) is 0 Å². The van der Waals surface area contributed by atoms with Crippen molar-refractivity contribution in [2.75, 3.05) is 35.8 Å². The van der Waals surface area contributed by atoms with E-state index in [0.29, 0.717) is 5.75 Å². The van der Waals surface area contributed by atoms with Crippen LogP contribution >= 0.6 is 23.1 Å². The molecule has 0 amide bonds. The summed E-state index contributed by atoms with van der Waals surface area (Å²) in [6, 6.07) is 0.247. The molecule has 0 bridgehead atoms. The van der Waals surface area contributed by atoms with Gasteiger partial charge in [0.25, 0.3) is 0 Å². The Bertz CT molecular complexity index is 585. The molecule has 0 aromatic carbocycles. The van der Waals surface area contributed by atoms with Crippen molar-refractivity contribution in [1.82, 2.24) is 10.3 Å². The van der Waals surface area contributed by atoms with Crippen LogP contribution in [0.3, 0.4) is 0 Å². The first-order valence-electron chi connectivity index (χ1n) is 7.08. The molecule has 8 heteroatoms. The lowest BCUT2D eigenvalue weighted by molar-refractivity contribution is 0.584. The molecule has 1 aliphatic heterocycles. The Morgan fingerprint density at radius 2 is 2.24 bits per heavy atom. The van der Waals surface area contributed by atoms with Crippen LogP contribution in [0.1, 0.15) is 30.5 Å². The van der Waals surface area contributed by atoms with Gasteiger partial charge in [-0.3, -0.25) is 0 Å². The molecule has 1 saturated heterocycles. The summed E-state index contributed by atoms with van der Waals surface area (Å²) >= 11 is 3.31. The monoisotopic (exact) mass is 349 g/mol. The zero-order valence-corrected chi connectivity index (χ0v) is 15.4. The minimum absolute atomic E-state index is 0.247. The van der Waals surface area contributed by atoms with Crippen LogP contribution in [0.4, 0.5) is 5.13 Å². The standard InChI is InChI=1S/C13H23N3O2S3/c1-5-14-9(2)12-10(3)15-13(20-12)16-6-7-19-8-11(16)21(4,17)18/h9,11,14H,5-8H2,1-4H3. The molecule has 0 saturated carbocycles. The summed E-state index contributed by atoms with van der Waals surface area (Å²) in [6.07, 6.45) is 1.32. The Balaban J connectivity index is 2.30. The highest BCUT2D eigenvalue weighted by atomic mass is 32.2. The highest BCUT2D eigenvalue weighted by Crippen LogP contribution is 2.34. The summed E-state index contributed by atoms with van der Waals surface area (Å²) < 4.78 is 24.0. The van der Waals surface area contributed by atoms with Crippen molar-refractivity contribution < 1.29 is 8.42 Å². The quantitative estimate of drug-likeness (QED) is 0.878. The smallest absolute Gasteiger partial charge is 0.186 e. The topological polar surface area (TPSA) is 62.3 Å². The summed E-state index contributed by atoms with van der Waals surface area (Å²) in [4.78, 5) is 7.79. The van der Waals surface area contributed by atoms with Gasteiger partial charge in [0.05, 0.1) is 5.69 Å². The number of hydrogen-bond acceptors (Lipinski definition) is 7. The van der Waals surface area contributed by atoms with Crippen molar-refractivity contribution in [1.29, 1.82) is 0 Å². The van der Waals surface area contributed by atoms with Crippen molar-refractivity contribution in [3.63, 3.8) is 0 Å². The van der Waals surface area contributed by atoms with E-state index in [1.807, 2.05) is 11.8 Å². The third-order valence-electron chi connectivity index (χ3n) is 3.55. The minimum atomic E-state index is -3.10. The maximum absolute atomic E-state index is 12.0. The number of aryl methyl sites for hydroxylation is 1. The number of anilines is 1. The average molecular weight is 350 g/mol. The molecule has 1 aliphatic rings. The first-order chi connectivity index (χ1) is 9.84. The van der Waals surface area contributed by atoms with Crippen LogP contribution in [-0.2, 0) is 9.84 Å². The number of nitrogens with one attached hydrogen (secondary N) is 1. The highest BCUT2D eigenvalue weighted by Gasteiger charge is 2.33. The zero-order valence-electron chi connectivity index (χ0n) is 12.9. The molecule has 0 spiro atoms. The van der Waals surface area contributed by atoms with E-state index in [9.17, 15) is 8.42 Å². The number of aromatic nitrogens is 1. The van der Waals surface area contributed by atoms with Gasteiger partial charge in [0, 0.05) is 35.2 Å².